The number of piperazine rings is 1. The molecular formula is C17H33N3O2. The summed E-state index contributed by atoms with van der Waals surface area (Å²) in [6.07, 6.45) is 6.64. The smallest absolute Gasteiger partial charge is 0.408 e. The average molecular weight is 311 g/mol. The third kappa shape index (κ3) is 5.76. The van der Waals surface area contributed by atoms with Gasteiger partial charge < -0.3 is 20.3 Å². The second-order valence-corrected chi connectivity index (χ2v) is 7.81. The fourth-order valence-corrected chi connectivity index (χ4v) is 3.49. The Morgan fingerprint density at radius 3 is 2.41 bits per heavy atom. The molecule has 0 bridgehead atoms. The number of rotatable bonds is 4. The van der Waals surface area contributed by atoms with E-state index in [0.717, 1.165) is 52.0 Å². The van der Waals surface area contributed by atoms with Crippen LogP contribution < -0.4 is 10.6 Å². The number of hydrogen-bond donors (Lipinski definition) is 2. The Morgan fingerprint density at radius 2 is 1.82 bits per heavy atom. The average Bonchev–Trinajstić information content (AvgIpc) is 2.45. The van der Waals surface area contributed by atoms with Crippen molar-refractivity contribution in [2.45, 2.75) is 70.4 Å². The molecule has 1 saturated carbocycles. The second kappa shape index (κ2) is 7.64. The molecular weight excluding hydrogens is 278 g/mol. The number of hydrogen-bond acceptors (Lipinski definition) is 4. The first-order valence-electron chi connectivity index (χ1n) is 8.83. The highest BCUT2D eigenvalue weighted by Crippen LogP contribution is 2.31. The van der Waals surface area contributed by atoms with Gasteiger partial charge >= 0.3 is 6.09 Å². The van der Waals surface area contributed by atoms with Crippen LogP contribution in [0.1, 0.15) is 59.3 Å². The maximum Gasteiger partial charge on any atom is 0.408 e. The van der Waals surface area contributed by atoms with E-state index in [2.05, 4.69) is 15.5 Å². The Hall–Kier alpha value is -0.810. The van der Waals surface area contributed by atoms with Crippen molar-refractivity contribution in [3.05, 3.63) is 0 Å². The fraction of sp³-hybridized carbons (Fsp3) is 0.941. The first kappa shape index (κ1) is 17.5. The van der Waals surface area contributed by atoms with Gasteiger partial charge in [-0.05, 0) is 40.0 Å². The van der Waals surface area contributed by atoms with Gasteiger partial charge in [0.2, 0.25) is 0 Å². The number of carbonyl (C=O) groups excluding carboxylic acids is 1. The Balaban J connectivity index is 1.90. The Morgan fingerprint density at radius 1 is 1.18 bits per heavy atom. The highest BCUT2D eigenvalue weighted by atomic mass is 16.6. The van der Waals surface area contributed by atoms with Gasteiger partial charge in [-0.3, -0.25) is 0 Å². The zero-order valence-corrected chi connectivity index (χ0v) is 14.5. The summed E-state index contributed by atoms with van der Waals surface area (Å²) in [7, 11) is 0. The molecule has 0 aromatic rings. The zero-order valence-electron chi connectivity index (χ0n) is 14.5. The van der Waals surface area contributed by atoms with E-state index in [4.69, 9.17) is 4.74 Å². The van der Waals surface area contributed by atoms with Crippen molar-refractivity contribution in [2.24, 2.45) is 0 Å². The van der Waals surface area contributed by atoms with Crippen molar-refractivity contribution in [3.63, 3.8) is 0 Å². The highest BCUT2D eigenvalue weighted by Gasteiger charge is 2.35. The predicted molar refractivity (Wildman–Crippen MR) is 89.1 cm³/mol. The molecule has 1 saturated heterocycles. The van der Waals surface area contributed by atoms with Gasteiger partial charge in [-0.2, -0.15) is 0 Å². The van der Waals surface area contributed by atoms with E-state index in [9.17, 15) is 4.79 Å². The lowest BCUT2D eigenvalue weighted by molar-refractivity contribution is 0.0402. The largest absolute Gasteiger partial charge is 0.444 e. The van der Waals surface area contributed by atoms with E-state index in [1.165, 1.54) is 19.3 Å². The van der Waals surface area contributed by atoms with Crippen molar-refractivity contribution in [3.8, 4) is 0 Å². The molecule has 2 aliphatic rings. The molecule has 0 radical (unpaired) electrons. The molecule has 0 atom stereocenters. The molecule has 0 aromatic heterocycles. The van der Waals surface area contributed by atoms with Crippen LogP contribution in [0.4, 0.5) is 4.79 Å². The van der Waals surface area contributed by atoms with E-state index < -0.39 is 5.60 Å². The van der Waals surface area contributed by atoms with Crippen LogP contribution in [0.25, 0.3) is 0 Å². The lowest BCUT2D eigenvalue weighted by Gasteiger charge is -2.40. The van der Waals surface area contributed by atoms with Crippen LogP contribution in [0.15, 0.2) is 0 Å². The highest BCUT2D eigenvalue weighted by molar-refractivity contribution is 5.68. The monoisotopic (exact) mass is 311 g/mol. The molecule has 5 nitrogen and oxygen atoms in total. The van der Waals surface area contributed by atoms with E-state index >= 15 is 0 Å². The number of nitrogens with one attached hydrogen (secondary N) is 2. The number of amides is 1. The normalized spacial score (nSPS) is 23.0. The third-order valence-corrected chi connectivity index (χ3v) is 4.69. The molecule has 0 unspecified atom stereocenters. The first-order valence-corrected chi connectivity index (χ1v) is 8.83. The third-order valence-electron chi connectivity index (χ3n) is 4.69. The van der Waals surface area contributed by atoms with E-state index in [-0.39, 0.29) is 11.6 Å². The van der Waals surface area contributed by atoms with Crippen molar-refractivity contribution < 1.29 is 9.53 Å². The lowest BCUT2D eigenvalue weighted by atomic mass is 9.79. The van der Waals surface area contributed by atoms with E-state index in [1.54, 1.807) is 0 Å². The van der Waals surface area contributed by atoms with Gasteiger partial charge in [0.25, 0.3) is 0 Å². The molecule has 1 amide bonds. The maximum atomic E-state index is 12.2. The Labute approximate surface area is 135 Å². The quantitative estimate of drug-likeness (QED) is 0.837. The van der Waals surface area contributed by atoms with Gasteiger partial charge in [0.15, 0.2) is 0 Å². The number of ether oxygens (including phenoxy) is 1. The van der Waals surface area contributed by atoms with Crippen LogP contribution >= 0.6 is 0 Å². The number of carbonyl (C=O) groups is 1. The summed E-state index contributed by atoms with van der Waals surface area (Å²) in [5.74, 6) is 0. The molecule has 1 aliphatic heterocycles. The van der Waals surface area contributed by atoms with E-state index in [0.29, 0.717) is 0 Å². The van der Waals surface area contributed by atoms with Crippen LogP contribution in [0, 0.1) is 0 Å². The van der Waals surface area contributed by atoms with Crippen LogP contribution in [0.5, 0.6) is 0 Å². The van der Waals surface area contributed by atoms with Gasteiger partial charge in [-0.1, -0.05) is 19.3 Å². The summed E-state index contributed by atoms with van der Waals surface area (Å²) in [6.45, 7) is 11.2. The summed E-state index contributed by atoms with van der Waals surface area (Å²) in [4.78, 5) is 14.7. The molecule has 128 valence electrons. The molecule has 2 N–H and O–H groups in total. The van der Waals surface area contributed by atoms with Gasteiger partial charge in [0.1, 0.15) is 5.60 Å². The van der Waals surface area contributed by atoms with Gasteiger partial charge in [-0.25, -0.2) is 4.79 Å². The number of nitrogens with zero attached hydrogens (tertiary/aromatic N) is 1. The second-order valence-electron chi connectivity index (χ2n) is 7.81. The molecule has 2 rings (SSSR count). The number of alkyl carbamates (subject to hydrolysis) is 1. The topological polar surface area (TPSA) is 53.6 Å². The van der Waals surface area contributed by atoms with Gasteiger partial charge in [0, 0.05) is 38.3 Å². The van der Waals surface area contributed by atoms with E-state index in [1.807, 2.05) is 20.8 Å². The molecule has 2 fully saturated rings. The summed E-state index contributed by atoms with van der Waals surface area (Å²) in [6, 6.07) is 0. The van der Waals surface area contributed by atoms with Crippen molar-refractivity contribution >= 4 is 6.09 Å². The molecule has 0 spiro atoms. The molecule has 1 heterocycles. The van der Waals surface area contributed by atoms with Crippen molar-refractivity contribution in [2.75, 3.05) is 32.7 Å². The first-order chi connectivity index (χ1) is 10.4. The molecule has 0 aromatic carbocycles. The van der Waals surface area contributed by atoms with Crippen LogP contribution in [-0.2, 0) is 4.74 Å². The Kier molecular flexibility index (Phi) is 6.09. The minimum absolute atomic E-state index is 0.0640. The minimum atomic E-state index is -0.432. The zero-order chi connectivity index (χ0) is 16.1. The SMILES string of the molecule is CC(C)(C)OC(=O)NC1(CCN2CCNCC2)CCCCC1. The van der Waals surface area contributed by atoms with Crippen LogP contribution in [-0.4, -0.2) is 54.9 Å². The lowest BCUT2D eigenvalue weighted by Crippen LogP contribution is -2.53. The maximum absolute atomic E-state index is 12.2. The molecule has 22 heavy (non-hydrogen) atoms. The van der Waals surface area contributed by atoms with Crippen molar-refractivity contribution in [1.29, 1.82) is 0 Å². The summed E-state index contributed by atoms with van der Waals surface area (Å²) < 4.78 is 5.48. The fourth-order valence-electron chi connectivity index (χ4n) is 3.49. The predicted octanol–water partition coefficient (Wildman–Crippen LogP) is 2.51. The Bertz CT molecular complexity index is 353. The van der Waals surface area contributed by atoms with Crippen LogP contribution in [0.2, 0.25) is 0 Å². The van der Waals surface area contributed by atoms with Crippen molar-refractivity contribution in [1.82, 2.24) is 15.5 Å². The standard InChI is InChI=1S/C17H33N3O2/c1-16(2,3)22-15(21)19-17(7-5-4-6-8-17)9-12-20-13-10-18-11-14-20/h18H,4-14H2,1-3H3,(H,19,21). The van der Waals surface area contributed by atoms with Crippen LogP contribution in [0.3, 0.4) is 0 Å². The van der Waals surface area contributed by atoms with Gasteiger partial charge in [0.05, 0.1) is 0 Å². The summed E-state index contributed by atoms with van der Waals surface area (Å²) >= 11 is 0. The molecule has 1 aliphatic carbocycles. The van der Waals surface area contributed by atoms with Gasteiger partial charge in [-0.15, -0.1) is 0 Å². The minimum Gasteiger partial charge on any atom is -0.444 e. The summed E-state index contributed by atoms with van der Waals surface area (Å²) in [5, 5.41) is 6.61. The summed E-state index contributed by atoms with van der Waals surface area (Å²) in [5.41, 5.74) is -0.496. The molecule has 5 heteroatoms.